The number of carbonyl (C=O) groups is 1. The number of hydrogen-bond acceptors (Lipinski definition) is 3. The molecule has 0 aliphatic rings. The molecule has 0 saturated carbocycles. The Morgan fingerprint density at radius 1 is 1.48 bits per heavy atom. The van der Waals surface area contributed by atoms with Gasteiger partial charge in [-0.05, 0) is 40.0 Å². The highest BCUT2D eigenvalue weighted by molar-refractivity contribution is 9.10. The Morgan fingerprint density at radius 2 is 2.19 bits per heavy atom. The Morgan fingerprint density at radius 3 is 2.71 bits per heavy atom. The Bertz CT molecular complexity index is 472. The topological polar surface area (TPSA) is 58.6 Å². The molecule has 1 atom stereocenters. The molecule has 0 spiro atoms. The lowest BCUT2D eigenvalue weighted by atomic mass is 10.1. The molecule has 0 fully saturated rings. The fourth-order valence-corrected chi connectivity index (χ4v) is 2.33. The lowest BCUT2D eigenvalue weighted by Gasteiger charge is -2.15. The largest absolute Gasteiger partial charge is 0.480 e. The number of halogens is 3. The van der Waals surface area contributed by atoms with Crippen LogP contribution in [0.1, 0.15) is 31.7 Å². The zero-order valence-electron chi connectivity index (χ0n) is 11.6. The molecule has 0 saturated heterocycles. The summed E-state index contributed by atoms with van der Waals surface area (Å²) in [5.74, 6) is -0.838. The first kappa shape index (κ1) is 17.8. The number of aliphatic carboxylic acids is 1. The van der Waals surface area contributed by atoms with E-state index in [1.807, 2.05) is 6.92 Å². The molecule has 0 radical (unpaired) electrons. The van der Waals surface area contributed by atoms with E-state index in [2.05, 4.69) is 26.0 Å². The number of benzene rings is 1. The van der Waals surface area contributed by atoms with Gasteiger partial charge in [-0.2, -0.15) is 8.78 Å². The second-order valence-corrected chi connectivity index (χ2v) is 5.41. The number of unbranched alkanes of at least 4 members (excludes halogenated alkanes) is 1. The number of rotatable bonds is 9. The Hall–Kier alpha value is -1.21. The van der Waals surface area contributed by atoms with Gasteiger partial charge in [0.1, 0.15) is 11.8 Å². The van der Waals surface area contributed by atoms with Crippen molar-refractivity contribution in [1.29, 1.82) is 0 Å². The van der Waals surface area contributed by atoms with E-state index in [0.717, 1.165) is 18.4 Å². The SMILES string of the molecule is CCCCC(NCc1ccc(OC(F)F)c(Br)c1)C(=O)O. The van der Waals surface area contributed by atoms with E-state index < -0.39 is 18.6 Å². The van der Waals surface area contributed by atoms with Crippen LogP contribution in [0.2, 0.25) is 0 Å². The summed E-state index contributed by atoms with van der Waals surface area (Å²) in [5.41, 5.74) is 0.784. The minimum atomic E-state index is -2.88. The minimum absolute atomic E-state index is 0.0505. The lowest BCUT2D eigenvalue weighted by molar-refractivity contribution is -0.139. The van der Waals surface area contributed by atoms with E-state index >= 15 is 0 Å². The molecule has 1 unspecified atom stereocenters. The molecular weight excluding hydrogens is 348 g/mol. The summed E-state index contributed by atoms with van der Waals surface area (Å²) in [5, 5.41) is 12.0. The van der Waals surface area contributed by atoms with Gasteiger partial charge in [0.2, 0.25) is 0 Å². The van der Waals surface area contributed by atoms with Gasteiger partial charge in [0, 0.05) is 6.54 Å². The monoisotopic (exact) mass is 365 g/mol. The molecule has 0 heterocycles. The van der Waals surface area contributed by atoms with Crippen LogP contribution in [0.15, 0.2) is 22.7 Å². The van der Waals surface area contributed by atoms with Crippen LogP contribution < -0.4 is 10.1 Å². The van der Waals surface area contributed by atoms with Gasteiger partial charge in [-0.25, -0.2) is 0 Å². The summed E-state index contributed by atoms with van der Waals surface area (Å²) in [6, 6.07) is 4.06. The van der Waals surface area contributed by atoms with Crippen molar-refractivity contribution in [2.45, 2.75) is 45.4 Å². The summed E-state index contributed by atoms with van der Waals surface area (Å²) >= 11 is 3.15. The van der Waals surface area contributed by atoms with Gasteiger partial charge >= 0.3 is 12.6 Å². The predicted molar refractivity (Wildman–Crippen MR) is 78.6 cm³/mol. The highest BCUT2D eigenvalue weighted by Gasteiger charge is 2.16. The maximum absolute atomic E-state index is 12.1. The van der Waals surface area contributed by atoms with Gasteiger partial charge in [0.05, 0.1) is 4.47 Å². The van der Waals surface area contributed by atoms with Gasteiger partial charge < -0.3 is 15.2 Å². The third-order valence-corrected chi connectivity index (χ3v) is 3.53. The van der Waals surface area contributed by atoms with E-state index in [-0.39, 0.29) is 5.75 Å². The van der Waals surface area contributed by atoms with Crippen LogP contribution in [-0.4, -0.2) is 23.7 Å². The van der Waals surface area contributed by atoms with Crippen LogP contribution in [0.3, 0.4) is 0 Å². The van der Waals surface area contributed by atoms with E-state index in [1.54, 1.807) is 12.1 Å². The first-order chi connectivity index (χ1) is 9.93. The number of alkyl halides is 2. The first-order valence-electron chi connectivity index (χ1n) is 6.63. The summed E-state index contributed by atoms with van der Waals surface area (Å²) < 4.78 is 29.0. The second kappa shape index (κ2) is 8.94. The van der Waals surface area contributed by atoms with E-state index in [0.29, 0.717) is 17.4 Å². The molecule has 0 bridgehead atoms. The molecule has 0 aliphatic carbocycles. The molecule has 0 aromatic heterocycles. The quantitative estimate of drug-likeness (QED) is 0.698. The average molecular weight is 366 g/mol. The smallest absolute Gasteiger partial charge is 0.387 e. The molecule has 4 nitrogen and oxygen atoms in total. The van der Waals surface area contributed by atoms with Crippen LogP contribution in [0.5, 0.6) is 5.75 Å². The summed E-state index contributed by atoms with van der Waals surface area (Å²) in [6.07, 6.45) is 2.31. The third kappa shape index (κ3) is 6.39. The Balaban J connectivity index is 2.62. The van der Waals surface area contributed by atoms with E-state index in [4.69, 9.17) is 5.11 Å². The van der Waals surface area contributed by atoms with Crippen molar-refractivity contribution in [3.63, 3.8) is 0 Å². The zero-order valence-corrected chi connectivity index (χ0v) is 13.2. The third-order valence-electron chi connectivity index (χ3n) is 2.91. The molecular formula is C14H18BrF2NO3. The lowest BCUT2D eigenvalue weighted by Crippen LogP contribution is -2.36. The summed E-state index contributed by atoms with van der Waals surface area (Å²) in [7, 11) is 0. The predicted octanol–water partition coefficient (Wildman–Crippen LogP) is 3.78. The van der Waals surface area contributed by atoms with Crippen molar-refractivity contribution in [2.75, 3.05) is 0 Å². The van der Waals surface area contributed by atoms with Crippen molar-refractivity contribution < 1.29 is 23.4 Å². The molecule has 1 aromatic rings. The molecule has 7 heteroatoms. The molecule has 2 N–H and O–H groups in total. The molecule has 1 rings (SSSR count). The highest BCUT2D eigenvalue weighted by atomic mass is 79.9. The first-order valence-corrected chi connectivity index (χ1v) is 7.42. The Kier molecular flexibility index (Phi) is 7.60. The normalized spacial score (nSPS) is 12.4. The Labute approximate surface area is 130 Å². The van der Waals surface area contributed by atoms with E-state index in [1.165, 1.54) is 6.07 Å². The number of carboxylic acid groups (broad SMARTS) is 1. The van der Waals surface area contributed by atoms with Crippen molar-refractivity contribution in [2.24, 2.45) is 0 Å². The maximum atomic E-state index is 12.1. The second-order valence-electron chi connectivity index (χ2n) is 4.56. The van der Waals surface area contributed by atoms with Crippen molar-refractivity contribution in [1.82, 2.24) is 5.32 Å². The van der Waals surface area contributed by atoms with Crippen LogP contribution in [-0.2, 0) is 11.3 Å². The highest BCUT2D eigenvalue weighted by Crippen LogP contribution is 2.27. The van der Waals surface area contributed by atoms with Crippen molar-refractivity contribution >= 4 is 21.9 Å². The standard InChI is InChI=1S/C14H18BrF2NO3/c1-2-3-4-11(13(19)20)18-8-9-5-6-12(10(15)7-9)21-14(16)17/h5-7,11,14,18H,2-4,8H2,1H3,(H,19,20). The molecule has 1 aromatic carbocycles. The van der Waals surface area contributed by atoms with Crippen LogP contribution in [0.4, 0.5) is 8.78 Å². The fourth-order valence-electron chi connectivity index (χ4n) is 1.81. The van der Waals surface area contributed by atoms with Gasteiger partial charge in [-0.15, -0.1) is 0 Å². The fraction of sp³-hybridized carbons (Fsp3) is 0.500. The number of nitrogens with one attached hydrogen (secondary N) is 1. The van der Waals surface area contributed by atoms with Crippen LogP contribution >= 0.6 is 15.9 Å². The minimum Gasteiger partial charge on any atom is -0.480 e. The zero-order chi connectivity index (χ0) is 15.8. The number of carboxylic acids is 1. The van der Waals surface area contributed by atoms with Gasteiger partial charge in [-0.1, -0.05) is 25.8 Å². The summed E-state index contributed by atoms with van der Waals surface area (Å²) in [4.78, 5) is 11.1. The molecule has 0 amide bonds. The summed E-state index contributed by atoms with van der Waals surface area (Å²) in [6.45, 7) is -0.540. The molecule has 0 aliphatic heterocycles. The van der Waals surface area contributed by atoms with Gasteiger partial charge in [0.25, 0.3) is 0 Å². The average Bonchev–Trinajstić information content (AvgIpc) is 2.41. The van der Waals surface area contributed by atoms with Crippen molar-refractivity contribution in [3.8, 4) is 5.75 Å². The van der Waals surface area contributed by atoms with Gasteiger partial charge in [0.15, 0.2) is 0 Å². The van der Waals surface area contributed by atoms with E-state index in [9.17, 15) is 13.6 Å². The number of hydrogen-bond donors (Lipinski definition) is 2. The molecule has 118 valence electrons. The molecule has 21 heavy (non-hydrogen) atoms. The van der Waals surface area contributed by atoms with Crippen molar-refractivity contribution in [3.05, 3.63) is 28.2 Å². The number of ether oxygens (including phenoxy) is 1. The van der Waals surface area contributed by atoms with Crippen LogP contribution in [0.25, 0.3) is 0 Å². The van der Waals surface area contributed by atoms with Crippen LogP contribution in [0, 0.1) is 0 Å². The van der Waals surface area contributed by atoms with Gasteiger partial charge in [-0.3, -0.25) is 4.79 Å². The maximum Gasteiger partial charge on any atom is 0.387 e.